The largest absolute Gasteiger partial charge is 0.494 e. The third kappa shape index (κ3) is 2.45. The van der Waals surface area contributed by atoms with Gasteiger partial charge in [0.15, 0.2) is 11.6 Å². The maximum absolute atomic E-state index is 13.3. The van der Waals surface area contributed by atoms with Crippen molar-refractivity contribution in [3.63, 3.8) is 0 Å². The molecule has 0 unspecified atom stereocenters. The number of rotatable bonds is 4. The van der Waals surface area contributed by atoms with Crippen LogP contribution in [0.15, 0.2) is 18.2 Å². The van der Waals surface area contributed by atoms with Crippen LogP contribution in [0, 0.1) is 5.82 Å². The fourth-order valence-electron chi connectivity index (χ4n) is 1.39. The van der Waals surface area contributed by atoms with Gasteiger partial charge in [-0.2, -0.15) is 0 Å². The Morgan fingerprint density at radius 3 is 2.71 bits per heavy atom. The van der Waals surface area contributed by atoms with Crippen LogP contribution in [0.3, 0.4) is 0 Å². The summed E-state index contributed by atoms with van der Waals surface area (Å²) in [5.74, 6) is -0.0889. The molecule has 0 saturated heterocycles. The Balaban J connectivity index is 2.85. The van der Waals surface area contributed by atoms with E-state index in [0.29, 0.717) is 0 Å². The summed E-state index contributed by atoms with van der Waals surface area (Å²) in [6.07, 6.45) is 1.86. The van der Waals surface area contributed by atoms with Gasteiger partial charge in [0, 0.05) is 6.04 Å². The van der Waals surface area contributed by atoms with E-state index in [-0.39, 0.29) is 17.6 Å². The van der Waals surface area contributed by atoms with Crippen molar-refractivity contribution in [2.45, 2.75) is 25.8 Å². The molecule has 0 heterocycles. The standard InChI is InChI=1S/C11H16FNO/c1-3-4-10(13)8-5-6-11(14-2)9(12)7-8/h5-7,10H,3-4,13H2,1-2H3/t10-/m0/s1. The first-order chi connectivity index (χ1) is 6.69. The second kappa shape index (κ2) is 4.96. The van der Waals surface area contributed by atoms with Crippen LogP contribution in [0.2, 0.25) is 0 Å². The Kier molecular flexibility index (Phi) is 3.89. The molecule has 1 atom stereocenters. The number of ether oxygens (including phenoxy) is 1. The highest BCUT2D eigenvalue weighted by Gasteiger charge is 2.08. The van der Waals surface area contributed by atoms with E-state index < -0.39 is 0 Å². The molecule has 1 aromatic rings. The van der Waals surface area contributed by atoms with Gasteiger partial charge in [0.25, 0.3) is 0 Å². The topological polar surface area (TPSA) is 35.2 Å². The average molecular weight is 197 g/mol. The summed E-state index contributed by atoms with van der Waals surface area (Å²) in [5.41, 5.74) is 6.68. The summed E-state index contributed by atoms with van der Waals surface area (Å²) in [6.45, 7) is 2.06. The SMILES string of the molecule is CCC[C@H](N)c1ccc(OC)c(F)c1. The molecule has 0 aromatic heterocycles. The Morgan fingerprint density at radius 2 is 2.21 bits per heavy atom. The first-order valence-electron chi connectivity index (χ1n) is 4.78. The minimum absolute atomic E-state index is 0.0830. The average Bonchev–Trinajstić information content (AvgIpc) is 2.18. The Bertz CT molecular complexity index is 301. The number of hydrogen-bond donors (Lipinski definition) is 1. The maximum Gasteiger partial charge on any atom is 0.165 e. The van der Waals surface area contributed by atoms with Crippen LogP contribution in [0.5, 0.6) is 5.75 Å². The predicted octanol–water partition coefficient (Wildman–Crippen LogP) is 2.63. The third-order valence-electron chi connectivity index (χ3n) is 2.20. The van der Waals surface area contributed by atoms with Crippen LogP contribution in [0.1, 0.15) is 31.4 Å². The van der Waals surface area contributed by atoms with Crippen molar-refractivity contribution in [2.75, 3.05) is 7.11 Å². The van der Waals surface area contributed by atoms with Crippen molar-refractivity contribution in [1.29, 1.82) is 0 Å². The Labute approximate surface area is 83.9 Å². The molecule has 0 radical (unpaired) electrons. The summed E-state index contributed by atoms with van der Waals surface area (Å²) < 4.78 is 18.1. The molecular weight excluding hydrogens is 181 g/mol. The summed E-state index contributed by atoms with van der Waals surface area (Å²) in [6, 6.07) is 4.78. The highest BCUT2D eigenvalue weighted by molar-refractivity contribution is 5.30. The molecular formula is C11H16FNO. The van der Waals surface area contributed by atoms with E-state index in [4.69, 9.17) is 10.5 Å². The first kappa shape index (κ1) is 11.0. The van der Waals surface area contributed by atoms with E-state index >= 15 is 0 Å². The second-order valence-corrected chi connectivity index (χ2v) is 3.29. The minimum Gasteiger partial charge on any atom is -0.494 e. The monoisotopic (exact) mass is 197 g/mol. The lowest BCUT2D eigenvalue weighted by atomic mass is 10.0. The molecule has 2 nitrogen and oxygen atoms in total. The lowest BCUT2D eigenvalue weighted by Gasteiger charge is -2.11. The van der Waals surface area contributed by atoms with Crippen LogP contribution in [0.4, 0.5) is 4.39 Å². The fourth-order valence-corrected chi connectivity index (χ4v) is 1.39. The maximum atomic E-state index is 13.3. The van der Waals surface area contributed by atoms with Crippen LogP contribution in [0.25, 0.3) is 0 Å². The molecule has 1 aromatic carbocycles. The Morgan fingerprint density at radius 1 is 1.50 bits per heavy atom. The van der Waals surface area contributed by atoms with Crippen LogP contribution >= 0.6 is 0 Å². The molecule has 0 aliphatic carbocycles. The van der Waals surface area contributed by atoms with Gasteiger partial charge in [0.2, 0.25) is 0 Å². The Hall–Kier alpha value is -1.09. The van der Waals surface area contributed by atoms with Crippen molar-refractivity contribution in [1.82, 2.24) is 0 Å². The van der Waals surface area contributed by atoms with Gasteiger partial charge in [-0.3, -0.25) is 0 Å². The lowest BCUT2D eigenvalue weighted by Crippen LogP contribution is -2.10. The molecule has 2 N–H and O–H groups in total. The van der Waals surface area contributed by atoms with Crippen LogP contribution in [-0.4, -0.2) is 7.11 Å². The molecule has 78 valence electrons. The normalized spacial score (nSPS) is 12.6. The van der Waals surface area contributed by atoms with Gasteiger partial charge in [-0.15, -0.1) is 0 Å². The van der Waals surface area contributed by atoms with Crippen molar-refractivity contribution >= 4 is 0 Å². The number of hydrogen-bond acceptors (Lipinski definition) is 2. The highest BCUT2D eigenvalue weighted by atomic mass is 19.1. The fraction of sp³-hybridized carbons (Fsp3) is 0.455. The van der Waals surface area contributed by atoms with Crippen molar-refractivity contribution < 1.29 is 9.13 Å². The highest BCUT2D eigenvalue weighted by Crippen LogP contribution is 2.22. The van der Waals surface area contributed by atoms with Gasteiger partial charge in [-0.1, -0.05) is 19.4 Å². The van der Waals surface area contributed by atoms with Crippen LogP contribution in [-0.2, 0) is 0 Å². The van der Waals surface area contributed by atoms with Crippen molar-refractivity contribution in [2.24, 2.45) is 5.73 Å². The van der Waals surface area contributed by atoms with E-state index in [1.807, 2.05) is 6.07 Å². The third-order valence-corrected chi connectivity index (χ3v) is 2.20. The molecule has 0 spiro atoms. The van der Waals surface area contributed by atoms with Crippen molar-refractivity contribution in [3.05, 3.63) is 29.6 Å². The molecule has 0 amide bonds. The molecule has 14 heavy (non-hydrogen) atoms. The zero-order valence-electron chi connectivity index (χ0n) is 8.59. The van der Waals surface area contributed by atoms with E-state index in [0.717, 1.165) is 18.4 Å². The van der Waals surface area contributed by atoms with Gasteiger partial charge in [0.1, 0.15) is 0 Å². The summed E-state index contributed by atoms with van der Waals surface area (Å²) in [5, 5.41) is 0. The molecule has 0 bridgehead atoms. The number of halogens is 1. The van der Waals surface area contributed by atoms with E-state index in [1.54, 1.807) is 6.07 Å². The summed E-state index contributed by atoms with van der Waals surface area (Å²) in [4.78, 5) is 0. The zero-order valence-corrected chi connectivity index (χ0v) is 8.59. The molecule has 0 aliphatic rings. The quantitative estimate of drug-likeness (QED) is 0.805. The van der Waals surface area contributed by atoms with E-state index in [2.05, 4.69) is 6.92 Å². The first-order valence-corrected chi connectivity index (χ1v) is 4.78. The number of nitrogens with two attached hydrogens (primary N) is 1. The molecule has 0 fully saturated rings. The van der Waals surface area contributed by atoms with Gasteiger partial charge < -0.3 is 10.5 Å². The summed E-state index contributed by atoms with van der Waals surface area (Å²) >= 11 is 0. The summed E-state index contributed by atoms with van der Waals surface area (Å²) in [7, 11) is 1.45. The second-order valence-electron chi connectivity index (χ2n) is 3.29. The van der Waals surface area contributed by atoms with Crippen LogP contribution < -0.4 is 10.5 Å². The molecule has 3 heteroatoms. The van der Waals surface area contributed by atoms with Gasteiger partial charge in [0.05, 0.1) is 7.11 Å². The van der Waals surface area contributed by atoms with Gasteiger partial charge in [-0.05, 0) is 24.1 Å². The van der Waals surface area contributed by atoms with Gasteiger partial charge in [-0.25, -0.2) is 4.39 Å². The molecule has 0 saturated carbocycles. The smallest absolute Gasteiger partial charge is 0.165 e. The molecule has 0 aliphatic heterocycles. The van der Waals surface area contributed by atoms with E-state index in [1.165, 1.54) is 13.2 Å². The van der Waals surface area contributed by atoms with Gasteiger partial charge >= 0.3 is 0 Å². The van der Waals surface area contributed by atoms with Crippen molar-refractivity contribution in [3.8, 4) is 5.75 Å². The zero-order chi connectivity index (χ0) is 10.6. The molecule has 1 rings (SSSR count). The predicted molar refractivity (Wildman–Crippen MR) is 54.8 cm³/mol. The number of benzene rings is 1. The lowest BCUT2D eigenvalue weighted by molar-refractivity contribution is 0.385. The number of methoxy groups -OCH3 is 1. The minimum atomic E-state index is -0.350. The van der Waals surface area contributed by atoms with E-state index in [9.17, 15) is 4.39 Å².